The molecular formula is C13H25N3O3. The van der Waals surface area contributed by atoms with Gasteiger partial charge in [-0.05, 0) is 12.8 Å². The van der Waals surface area contributed by atoms with E-state index in [2.05, 4.69) is 12.1 Å². The molecule has 2 unspecified atom stereocenters. The van der Waals surface area contributed by atoms with Crippen LogP contribution in [0.3, 0.4) is 0 Å². The van der Waals surface area contributed by atoms with Gasteiger partial charge in [0, 0.05) is 12.5 Å². The average Bonchev–Trinajstić information content (AvgIpc) is 2.47. The van der Waals surface area contributed by atoms with Crippen molar-refractivity contribution in [3.63, 3.8) is 0 Å². The van der Waals surface area contributed by atoms with Crippen LogP contribution in [0, 0.1) is 5.92 Å². The molecule has 19 heavy (non-hydrogen) atoms. The van der Waals surface area contributed by atoms with Crippen LogP contribution in [0.15, 0.2) is 5.16 Å². The second-order valence-corrected chi connectivity index (χ2v) is 4.92. The van der Waals surface area contributed by atoms with Crippen LogP contribution < -0.4 is 5.73 Å². The third-order valence-electron chi connectivity index (χ3n) is 3.57. The van der Waals surface area contributed by atoms with Gasteiger partial charge in [0.1, 0.15) is 6.10 Å². The quantitative estimate of drug-likeness (QED) is 0.328. The smallest absolute Gasteiger partial charge is 0.225 e. The van der Waals surface area contributed by atoms with Crippen LogP contribution in [0.4, 0.5) is 0 Å². The third-order valence-corrected chi connectivity index (χ3v) is 3.57. The molecule has 0 aromatic heterocycles. The Morgan fingerprint density at radius 1 is 1.58 bits per heavy atom. The van der Waals surface area contributed by atoms with Crippen LogP contribution in [-0.2, 0) is 9.53 Å². The first-order valence-electron chi connectivity index (χ1n) is 7.01. The van der Waals surface area contributed by atoms with Gasteiger partial charge in [0.2, 0.25) is 5.91 Å². The van der Waals surface area contributed by atoms with Gasteiger partial charge in [-0.15, -0.1) is 0 Å². The van der Waals surface area contributed by atoms with E-state index < -0.39 is 6.10 Å². The number of amides is 1. The summed E-state index contributed by atoms with van der Waals surface area (Å²) in [6, 6.07) is 0. The van der Waals surface area contributed by atoms with E-state index in [1.165, 1.54) is 0 Å². The van der Waals surface area contributed by atoms with Crippen molar-refractivity contribution in [1.29, 1.82) is 0 Å². The Morgan fingerprint density at radius 2 is 2.32 bits per heavy atom. The molecule has 0 spiro atoms. The Balaban J connectivity index is 2.59. The minimum absolute atomic E-state index is 0.0270. The summed E-state index contributed by atoms with van der Waals surface area (Å²) in [5, 5.41) is 11.6. The number of ether oxygens (including phenoxy) is 1. The normalized spacial score (nSPS) is 22.3. The number of carbonyl (C=O) groups excluding carboxylic acids is 1. The number of nitrogens with zero attached hydrogens (tertiary/aromatic N) is 2. The number of hydrogen-bond donors (Lipinski definition) is 2. The molecule has 6 nitrogen and oxygen atoms in total. The third kappa shape index (κ3) is 4.38. The topological polar surface area (TPSA) is 88.2 Å². The zero-order valence-corrected chi connectivity index (χ0v) is 11.8. The number of morpholine rings is 1. The molecule has 1 rings (SSSR count). The predicted molar refractivity (Wildman–Crippen MR) is 73.0 cm³/mol. The summed E-state index contributed by atoms with van der Waals surface area (Å²) in [5.74, 6) is 0.264. The number of oxime groups is 1. The molecule has 6 heteroatoms. The SMILES string of the molecule is CCCCC(CC)C(=O)N1CCOC(C(N)=NO)C1. The van der Waals surface area contributed by atoms with Gasteiger partial charge in [0.15, 0.2) is 5.84 Å². The van der Waals surface area contributed by atoms with E-state index in [1.807, 2.05) is 6.92 Å². The highest BCUT2D eigenvalue weighted by atomic mass is 16.5. The molecule has 0 aliphatic carbocycles. The van der Waals surface area contributed by atoms with Gasteiger partial charge < -0.3 is 20.6 Å². The second kappa shape index (κ2) is 7.99. The van der Waals surface area contributed by atoms with Gasteiger partial charge in [-0.1, -0.05) is 31.8 Å². The van der Waals surface area contributed by atoms with Crippen LogP contribution >= 0.6 is 0 Å². The maximum absolute atomic E-state index is 12.4. The van der Waals surface area contributed by atoms with Crippen LogP contribution in [0.25, 0.3) is 0 Å². The number of amidine groups is 1. The predicted octanol–water partition coefficient (Wildman–Crippen LogP) is 1.18. The van der Waals surface area contributed by atoms with Crippen molar-refractivity contribution in [2.24, 2.45) is 16.8 Å². The van der Waals surface area contributed by atoms with Gasteiger partial charge in [0.05, 0.1) is 13.2 Å². The van der Waals surface area contributed by atoms with Gasteiger partial charge in [0.25, 0.3) is 0 Å². The second-order valence-electron chi connectivity index (χ2n) is 4.92. The van der Waals surface area contributed by atoms with Crippen molar-refractivity contribution in [3.8, 4) is 0 Å². The minimum Gasteiger partial charge on any atom is -0.409 e. The lowest BCUT2D eigenvalue weighted by Gasteiger charge is -2.34. The van der Waals surface area contributed by atoms with Crippen LogP contribution in [0.5, 0.6) is 0 Å². The Labute approximate surface area is 114 Å². The fourth-order valence-corrected chi connectivity index (χ4v) is 2.30. The first-order chi connectivity index (χ1) is 9.13. The molecule has 0 radical (unpaired) electrons. The Bertz CT molecular complexity index is 320. The van der Waals surface area contributed by atoms with Crippen molar-refractivity contribution in [3.05, 3.63) is 0 Å². The number of unbranched alkanes of at least 4 members (excludes halogenated alkanes) is 1. The highest BCUT2D eigenvalue weighted by Gasteiger charge is 2.30. The van der Waals surface area contributed by atoms with Crippen molar-refractivity contribution in [1.82, 2.24) is 4.90 Å². The first kappa shape index (κ1) is 15.8. The van der Waals surface area contributed by atoms with E-state index in [1.54, 1.807) is 4.90 Å². The first-order valence-corrected chi connectivity index (χ1v) is 7.01. The fourth-order valence-electron chi connectivity index (χ4n) is 2.30. The van der Waals surface area contributed by atoms with E-state index in [-0.39, 0.29) is 17.7 Å². The molecular weight excluding hydrogens is 246 g/mol. The average molecular weight is 271 g/mol. The van der Waals surface area contributed by atoms with E-state index in [0.717, 1.165) is 25.7 Å². The lowest BCUT2D eigenvalue weighted by Crippen LogP contribution is -2.51. The van der Waals surface area contributed by atoms with E-state index in [4.69, 9.17) is 15.7 Å². The van der Waals surface area contributed by atoms with Crippen molar-refractivity contribution < 1.29 is 14.7 Å². The number of rotatable bonds is 6. The van der Waals surface area contributed by atoms with Gasteiger partial charge >= 0.3 is 0 Å². The van der Waals surface area contributed by atoms with Gasteiger partial charge in [-0.25, -0.2) is 0 Å². The highest BCUT2D eigenvalue weighted by Crippen LogP contribution is 2.18. The van der Waals surface area contributed by atoms with Crippen LogP contribution in [0.1, 0.15) is 39.5 Å². The van der Waals surface area contributed by atoms with Gasteiger partial charge in [-0.3, -0.25) is 4.79 Å². The van der Waals surface area contributed by atoms with E-state index in [9.17, 15) is 4.79 Å². The lowest BCUT2D eigenvalue weighted by atomic mass is 9.97. The molecule has 0 aromatic carbocycles. The fraction of sp³-hybridized carbons (Fsp3) is 0.846. The zero-order chi connectivity index (χ0) is 14.3. The molecule has 1 saturated heterocycles. The number of carbonyl (C=O) groups is 1. The van der Waals surface area contributed by atoms with Crippen molar-refractivity contribution in [2.75, 3.05) is 19.7 Å². The number of hydrogen-bond acceptors (Lipinski definition) is 4. The molecule has 0 saturated carbocycles. The molecule has 3 N–H and O–H groups in total. The molecule has 0 bridgehead atoms. The maximum Gasteiger partial charge on any atom is 0.225 e. The molecule has 2 atom stereocenters. The summed E-state index contributed by atoms with van der Waals surface area (Å²) in [6.07, 6.45) is 3.45. The molecule has 1 aliphatic rings. The van der Waals surface area contributed by atoms with E-state index in [0.29, 0.717) is 19.7 Å². The number of nitrogens with two attached hydrogens (primary N) is 1. The summed E-state index contributed by atoms with van der Waals surface area (Å²) in [6.45, 7) is 5.55. The minimum atomic E-state index is -0.494. The summed E-state index contributed by atoms with van der Waals surface area (Å²) >= 11 is 0. The Kier molecular flexibility index (Phi) is 6.62. The standard InChI is InChI=1S/C13H25N3O3/c1-3-5-6-10(4-2)13(17)16-7-8-19-11(9-16)12(14)15-18/h10-11,18H,3-9H2,1-2H3,(H2,14,15). The van der Waals surface area contributed by atoms with Gasteiger partial charge in [-0.2, -0.15) is 0 Å². The van der Waals surface area contributed by atoms with Crippen molar-refractivity contribution >= 4 is 11.7 Å². The zero-order valence-electron chi connectivity index (χ0n) is 11.8. The van der Waals surface area contributed by atoms with Crippen LogP contribution in [-0.4, -0.2) is 47.7 Å². The summed E-state index contributed by atoms with van der Waals surface area (Å²) in [4.78, 5) is 14.2. The molecule has 1 fully saturated rings. The molecule has 1 aliphatic heterocycles. The monoisotopic (exact) mass is 271 g/mol. The molecule has 1 amide bonds. The Hall–Kier alpha value is -1.30. The van der Waals surface area contributed by atoms with Crippen molar-refractivity contribution in [2.45, 2.75) is 45.6 Å². The maximum atomic E-state index is 12.4. The van der Waals surface area contributed by atoms with E-state index >= 15 is 0 Å². The summed E-state index contributed by atoms with van der Waals surface area (Å²) in [5.41, 5.74) is 5.54. The molecule has 110 valence electrons. The lowest BCUT2D eigenvalue weighted by molar-refractivity contribution is -0.141. The Morgan fingerprint density at radius 3 is 2.89 bits per heavy atom. The summed E-state index contributed by atoms with van der Waals surface area (Å²) < 4.78 is 5.40. The largest absolute Gasteiger partial charge is 0.409 e. The van der Waals surface area contributed by atoms with Crippen LogP contribution in [0.2, 0.25) is 0 Å². The highest BCUT2D eigenvalue weighted by molar-refractivity contribution is 5.86. The molecule has 0 aromatic rings. The summed E-state index contributed by atoms with van der Waals surface area (Å²) in [7, 11) is 0. The molecule has 1 heterocycles.